The second-order valence-corrected chi connectivity index (χ2v) is 4.75. The summed E-state index contributed by atoms with van der Waals surface area (Å²) in [6, 6.07) is 5.63. The lowest BCUT2D eigenvalue weighted by molar-refractivity contribution is -0.118. The molecule has 92 valence electrons. The SMILES string of the molecule is NCc1csc(-c2ccc3c(c2)NC(=O)CO3)n1. The van der Waals surface area contributed by atoms with E-state index >= 15 is 0 Å². The minimum absolute atomic E-state index is 0.0704. The topological polar surface area (TPSA) is 77.2 Å². The number of fused-ring (bicyclic) bond motifs is 1. The Labute approximate surface area is 108 Å². The van der Waals surface area contributed by atoms with Crippen molar-refractivity contribution in [2.45, 2.75) is 6.54 Å². The average Bonchev–Trinajstić information content (AvgIpc) is 2.86. The number of benzene rings is 1. The second-order valence-electron chi connectivity index (χ2n) is 3.90. The monoisotopic (exact) mass is 261 g/mol. The summed E-state index contributed by atoms with van der Waals surface area (Å²) in [5.41, 5.74) is 8.04. The molecular weight excluding hydrogens is 250 g/mol. The molecule has 0 unspecified atom stereocenters. The summed E-state index contributed by atoms with van der Waals surface area (Å²) in [6.45, 7) is 0.502. The number of nitrogens with zero attached hydrogens (tertiary/aromatic N) is 1. The summed E-state index contributed by atoms with van der Waals surface area (Å²) < 4.78 is 5.30. The van der Waals surface area contributed by atoms with Crippen LogP contribution in [0.1, 0.15) is 5.69 Å². The van der Waals surface area contributed by atoms with Gasteiger partial charge in [0.05, 0.1) is 11.4 Å². The molecule has 3 N–H and O–H groups in total. The zero-order valence-electron chi connectivity index (χ0n) is 9.47. The highest BCUT2D eigenvalue weighted by Gasteiger charge is 2.16. The highest BCUT2D eigenvalue weighted by molar-refractivity contribution is 7.13. The number of rotatable bonds is 2. The maximum absolute atomic E-state index is 11.3. The predicted octanol–water partition coefficient (Wildman–Crippen LogP) is 1.60. The van der Waals surface area contributed by atoms with E-state index in [9.17, 15) is 4.79 Å². The molecule has 0 spiro atoms. The van der Waals surface area contributed by atoms with E-state index in [0.717, 1.165) is 16.3 Å². The van der Waals surface area contributed by atoms with E-state index in [1.54, 1.807) is 0 Å². The Bertz CT molecular complexity index is 609. The average molecular weight is 261 g/mol. The van der Waals surface area contributed by atoms with Crippen LogP contribution in [0.2, 0.25) is 0 Å². The van der Waals surface area contributed by atoms with E-state index in [1.807, 2.05) is 23.6 Å². The Kier molecular flexibility index (Phi) is 2.73. The fraction of sp³-hybridized carbons (Fsp3) is 0.167. The van der Waals surface area contributed by atoms with Crippen LogP contribution in [-0.4, -0.2) is 17.5 Å². The highest BCUT2D eigenvalue weighted by atomic mass is 32.1. The third kappa shape index (κ3) is 1.96. The van der Waals surface area contributed by atoms with Crippen molar-refractivity contribution < 1.29 is 9.53 Å². The van der Waals surface area contributed by atoms with Crippen LogP contribution in [0.25, 0.3) is 10.6 Å². The Morgan fingerprint density at radius 3 is 3.17 bits per heavy atom. The van der Waals surface area contributed by atoms with Gasteiger partial charge in [0, 0.05) is 17.5 Å². The molecule has 3 rings (SSSR count). The highest BCUT2D eigenvalue weighted by Crippen LogP contribution is 2.33. The van der Waals surface area contributed by atoms with Crippen LogP contribution in [-0.2, 0) is 11.3 Å². The maximum Gasteiger partial charge on any atom is 0.262 e. The molecule has 6 heteroatoms. The van der Waals surface area contributed by atoms with Crippen molar-refractivity contribution in [1.29, 1.82) is 0 Å². The number of hydrogen-bond acceptors (Lipinski definition) is 5. The van der Waals surface area contributed by atoms with Crippen molar-refractivity contribution in [2.75, 3.05) is 11.9 Å². The number of carbonyl (C=O) groups is 1. The van der Waals surface area contributed by atoms with Crippen molar-refractivity contribution in [2.24, 2.45) is 5.73 Å². The fourth-order valence-corrected chi connectivity index (χ4v) is 2.58. The first-order chi connectivity index (χ1) is 8.76. The molecule has 0 atom stereocenters. The summed E-state index contributed by atoms with van der Waals surface area (Å²) in [7, 11) is 0. The van der Waals surface area contributed by atoms with Gasteiger partial charge in [-0.15, -0.1) is 11.3 Å². The van der Waals surface area contributed by atoms with E-state index in [2.05, 4.69) is 10.3 Å². The van der Waals surface area contributed by atoms with Gasteiger partial charge in [0.25, 0.3) is 5.91 Å². The van der Waals surface area contributed by atoms with Crippen LogP contribution in [0.3, 0.4) is 0 Å². The van der Waals surface area contributed by atoms with Crippen molar-refractivity contribution in [3.63, 3.8) is 0 Å². The van der Waals surface area contributed by atoms with Crippen molar-refractivity contribution in [3.8, 4) is 16.3 Å². The number of aromatic nitrogens is 1. The van der Waals surface area contributed by atoms with Crippen molar-refractivity contribution >= 4 is 22.9 Å². The molecule has 18 heavy (non-hydrogen) atoms. The molecule has 1 aromatic heterocycles. The number of anilines is 1. The Balaban J connectivity index is 1.98. The van der Waals surface area contributed by atoms with Crippen LogP contribution < -0.4 is 15.8 Å². The molecule has 1 aliphatic rings. The number of nitrogens with two attached hydrogens (primary N) is 1. The maximum atomic E-state index is 11.3. The first kappa shape index (κ1) is 11.2. The molecule has 0 saturated carbocycles. The van der Waals surface area contributed by atoms with E-state index in [4.69, 9.17) is 10.5 Å². The van der Waals surface area contributed by atoms with E-state index < -0.39 is 0 Å². The van der Waals surface area contributed by atoms with E-state index in [0.29, 0.717) is 18.0 Å². The molecule has 0 radical (unpaired) electrons. The summed E-state index contributed by atoms with van der Waals surface area (Å²) >= 11 is 1.53. The number of thiazole rings is 1. The van der Waals surface area contributed by atoms with Crippen LogP contribution >= 0.6 is 11.3 Å². The number of carbonyl (C=O) groups excluding carboxylic acids is 1. The number of hydrogen-bond donors (Lipinski definition) is 2. The Morgan fingerprint density at radius 2 is 2.39 bits per heavy atom. The van der Waals surface area contributed by atoms with Gasteiger partial charge in [-0.25, -0.2) is 4.98 Å². The van der Waals surface area contributed by atoms with Gasteiger partial charge in [-0.1, -0.05) is 0 Å². The van der Waals surface area contributed by atoms with Crippen LogP contribution in [0, 0.1) is 0 Å². The molecule has 1 amide bonds. The first-order valence-electron chi connectivity index (χ1n) is 5.48. The van der Waals surface area contributed by atoms with Gasteiger partial charge in [-0.05, 0) is 18.2 Å². The molecule has 0 fully saturated rings. The van der Waals surface area contributed by atoms with Gasteiger partial charge >= 0.3 is 0 Å². The second kappa shape index (κ2) is 4.40. The quantitative estimate of drug-likeness (QED) is 0.860. The van der Waals surface area contributed by atoms with E-state index in [-0.39, 0.29) is 12.5 Å². The minimum atomic E-state index is -0.138. The third-order valence-corrected chi connectivity index (χ3v) is 3.56. The van der Waals surface area contributed by atoms with Gasteiger partial charge in [0.15, 0.2) is 6.61 Å². The van der Waals surface area contributed by atoms with Crippen LogP contribution in [0.5, 0.6) is 5.75 Å². The normalized spacial score (nSPS) is 13.7. The van der Waals surface area contributed by atoms with Crippen LogP contribution in [0.15, 0.2) is 23.6 Å². The standard InChI is InChI=1S/C12H11N3O2S/c13-4-8-6-18-12(14-8)7-1-2-10-9(3-7)15-11(16)5-17-10/h1-3,6H,4-5,13H2,(H,15,16). The zero-order chi connectivity index (χ0) is 12.5. The Hall–Kier alpha value is -1.92. The molecule has 0 aliphatic carbocycles. The molecule has 1 aromatic carbocycles. The third-order valence-electron chi connectivity index (χ3n) is 2.62. The molecule has 0 saturated heterocycles. The smallest absolute Gasteiger partial charge is 0.262 e. The van der Waals surface area contributed by atoms with Gasteiger partial charge in [-0.2, -0.15) is 0 Å². The largest absolute Gasteiger partial charge is 0.482 e. The summed E-state index contributed by atoms with van der Waals surface area (Å²) in [5.74, 6) is 0.551. The molecule has 2 heterocycles. The van der Waals surface area contributed by atoms with Crippen LogP contribution in [0.4, 0.5) is 5.69 Å². The molecule has 2 aromatic rings. The Morgan fingerprint density at radius 1 is 1.50 bits per heavy atom. The number of amides is 1. The van der Waals surface area contributed by atoms with Gasteiger partial charge in [0.1, 0.15) is 10.8 Å². The number of nitrogens with one attached hydrogen (secondary N) is 1. The summed E-state index contributed by atoms with van der Waals surface area (Å²) in [4.78, 5) is 15.7. The van der Waals surface area contributed by atoms with Gasteiger partial charge < -0.3 is 15.8 Å². The van der Waals surface area contributed by atoms with Crippen molar-refractivity contribution in [1.82, 2.24) is 4.98 Å². The lowest BCUT2D eigenvalue weighted by Gasteiger charge is -2.18. The first-order valence-corrected chi connectivity index (χ1v) is 6.36. The predicted molar refractivity (Wildman–Crippen MR) is 69.6 cm³/mol. The summed E-state index contributed by atoms with van der Waals surface area (Å²) in [6.07, 6.45) is 0. The van der Waals surface area contributed by atoms with Crippen molar-refractivity contribution in [3.05, 3.63) is 29.3 Å². The lowest BCUT2D eigenvalue weighted by atomic mass is 10.2. The van der Waals surface area contributed by atoms with E-state index in [1.165, 1.54) is 11.3 Å². The molecule has 0 bridgehead atoms. The molecule has 5 nitrogen and oxygen atoms in total. The molecule has 1 aliphatic heterocycles. The fourth-order valence-electron chi connectivity index (χ4n) is 1.75. The number of ether oxygens (including phenoxy) is 1. The van der Waals surface area contributed by atoms with Gasteiger partial charge in [0.2, 0.25) is 0 Å². The minimum Gasteiger partial charge on any atom is -0.482 e. The molecular formula is C12H11N3O2S. The lowest BCUT2D eigenvalue weighted by Crippen LogP contribution is -2.25. The van der Waals surface area contributed by atoms with Gasteiger partial charge in [-0.3, -0.25) is 4.79 Å². The summed E-state index contributed by atoms with van der Waals surface area (Å²) in [5, 5.41) is 5.60. The zero-order valence-corrected chi connectivity index (χ0v) is 10.3.